The van der Waals surface area contributed by atoms with Crippen molar-refractivity contribution in [3.63, 3.8) is 0 Å². The van der Waals surface area contributed by atoms with Crippen LogP contribution in [0.1, 0.15) is 44.5 Å². The normalized spacial score (nSPS) is 12.4. The molecule has 1 amide bonds. The summed E-state index contributed by atoms with van der Waals surface area (Å²) < 4.78 is 11.0. The summed E-state index contributed by atoms with van der Waals surface area (Å²) in [6.07, 6.45) is 1.60. The van der Waals surface area contributed by atoms with Gasteiger partial charge in [-0.3, -0.25) is 9.59 Å². The number of hydrogen-bond acceptors (Lipinski definition) is 4. The molecule has 1 unspecified atom stereocenters. The van der Waals surface area contributed by atoms with Crippen molar-refractivity contribution in [2.45, 2.75) is 46.4 Å². The van der Waals surface area contributed by atoms with Crippen LogP contribution < -0.4 is 15.5 Å². The standard InChI is InChI=1S/C18H24N2O4/c1-5-16(24-11(3)4)20-18(22)14-10-19-15-8-7-12(23-6-2)9-13(15)17(14)21/h7-11,16H,5-6H2,1-4H3,(H,19,21)(H,20,22). The molecular formula is C18H24N2O4. The van der Waals surface area contributed by atoms with Crippen LogP contribution >= 0.6 is 0 Å². The molecule has 0 spiro atoms. The van der Waals surface area contributed by atoms with E-state index in [9.17, 15) is 9.59 Å². The summed E-state index contributed by atoms with van der Waals surface area (Å²) in [5.41, 5.74) is 0.384. The van der Waals surface area contributed by atoms with Crippen molar-refractivity contribution in [1.29, 1.82) is 0 Å². The second-order valence-electron chi connectivity index (χ2n) is 5.73. The Balaban J connectivity index is 2.32. The first-order chi connectivity index (χ1) is 11.5. The van der Waals surface area contributed by atoms with Gasteiger partial charge in [0.05, 0.1) is 12.7 Å². The predicted octanol–water partition coefficient (Wildman–Crippen LogP) is 2.82. The molecule has 24 heavy (non-hydrogen) atoms. The Labute approximate surface area is 141 Å². The molecule has 2 aromatic rings. The Morgan fingerprint density at radius 2 is 2.04 bits per heavy atom. The molecule has 0 radical (unpaired) electrons. The molecule has 0 bridgehead atoms. The van der Waals surface area contributed by atoms with Crippen molar-refractivity contribution in [2.75, 3.05) is 6.61 Å². The van der Waals surface area contributed by atoms with Gasteiger partial charge in [0.1, 0.15) is 17.5 Å². The van der Waals surface area contributed by atoms with Crippen LogP contribution in [0, 0.1) is 0 Å². The molecule has 6 nitrogen and oxygen atoms in total. The minimum absolute atomic E-state index is 0.0149. The number of benzene rings is 1. The Morgan fingerprint density at radius 1 is 1.29 bits per heavy atom. The number of rotatable bonds is 7. The van der Waals surface area contributed by atoms with Crippen molar-refractivity contribution >= 4 is 16.8 Å². The second kappa shape index (κ2) is 7.97. The van der Waals surface area contributed by atoms with Gasteiger partial charge in [0, 0.05) is 17.1 Å². The third-order valence-electron chi connectivity index (χ3n) is 3.51. The minimum atomic E-state index is -0.451. The lowest BCUT2D eigenvalue weighted by atomic mass is 10.1. The predicted molar refractivity (Wildman–Crippen MR) is 93.5 cm³/mol. The molecule has 2 N–H and O–H groups in total. The van der Waals surface area contributed by atoms with Crippen molar-refractivity contribution in [3.8, 4) is 5.75 Å². The molecule has 130 valence electrons. The van der Waals surface area contributed by atoms with Crippen LogP contribution in [0.25, 0.3) is 10.9 Å². The fourth-order valence-corrected chi connectivity index (χ4v) is 2.41. The van der Waals surface area contributed by atoms with E-state index in [1.54, 1.807) is 18.2 Å². The molecule has 2 rings (SSSR count). The molecule has 1 atom stereocenters. The molecule has 0 aliphatic rings. The monoisotopic (exact) mass is 332 g/mol. The Bertz CT molecular complexity index is 767. The lowest BCUT2D eigenvalue weighted by molar-refractivity contribution is -0.0108. The summed E-state index contributed by atoms with van der Waals surface area (Å²) >= 11 is 0. The van der Waals surface area contributed by atoms with Crippen molar-refractivity contribution in [2.24, 2.45) is 0 Å². The van der Waals surface area contributed by atoms with Gasteiger partial charge in [0.2, 0.25) is 5.43 Å². The van der Waals surface area contributed by atoms with E-state index in [4.69, 9.17) is 9.47 Å². The van der Waals surface area contributed by atoms with Gasteiger partial charge in [-0.1, -0.05) is 6.92 Å². The summed E-state index contributed by atoms with van der Waals surface area (Å²) in [6.45, 7) is 8.08. The zero-order valence-electron chi connectivity index (χ0n) is 14.5. The van der Waals surface area contributed by atoms with Gasteiger partial charge in [-0.25, -0.2) is 0 Å². The van der Waals surface area contributed by atoms with Crippen molar-refractivity contribution in [3.05, 3.63) is 40.2 Å². The van der Waals surface area contributed by atoms with Gasteiger partial charge in [-0.05, 0) is 45.4 Å². The Morgan fingerprint density at radius 3 is 2.67 bits per heavy atom. The topological polar surface area (TPSA) is 80.4 Å². The number of aromatic amines is 1. The molecule has 0 saturated heterocycles. The average molecular weight is 332 g/mol. The van der Waals surface area contributed by atoms with E-state index in [0.717, 1.165) is 0 Å². The minimum Gasteiger partial charge on any atom is -0.494 e. The number of amides is 1. The summed E-state index contributed by atoms with van der Waals surface area (Å²) in [7, 11) is 0. The van der Waals surface area contributed by atoms with Crippen LogP contribution in [0.4, 0.5) is 0 Å². The lowest BCUT2D eigenvalue weighted by Gasteiger charge is -2.20. The summed E-state index contributed by atoms with van der Waals surface area (Å²) in [4.78, 5) is 28.1. The van der Waals surface area contributed by atoms with E-state index >= 15 is 0 Å². The molecule has 1 aromatic carbocycles. The fraction of sp³-hybridized carbons (Fsp3) is 0.444. The van der Waals surface area contributed by atoms with Crippen molar-refractivity contribution < 1.29 is 14.3 Å². The van der Waals surface area contributed by atoms with Gasteiger partial charge < -0.3 is 19.8 Å². The third kappa shape index (κ3) is 4.14. The molecular weight excluding hydrogens is 308 g/mol. The number of hydrogen-bond donors (Lipinski definition) is 2. The van der Waals surface area contributed by atoms with E-state index in [1.165, 1.54) is 6.20 Å². The van der Waals surface area contributed by atoms with Crippen LogP contribution in [0.2, 0.25) is 0 Å². The van der Waals surface area contributed by atoms with Gasteiger partial charge in [-0.2, -0.15) is 0 Å². The first-order valence-corrected chi connectivity index (χ1v) is 8.20. The van der Waals surface area contributed by atoms with Gasteiger partial charge in [0.25, 0.3) is 5.91 Å². The number of carbonyl (C=O) groups is 1. The summed E-state index contributed by atoms with van der Waals surface area (Å²) in [5.74, 6) is 0.148. The highest BCUT2D eigenvalue weighted by Gasteiger charge is 2.17. The van der Waals surface area contributed by atoms with E-state index in [1.807, 2.05) is 27.7 Å². The first-order valence-electron chi connectivity index (χ1n) is 8.20. The van der Waals surface area contributed by atoms with Crippen LogP contribution in [-0.2, 0) is 4.74 Å². The number of H-pyrrole nitrogens is 1. The van der Waals surface area contributed by atoms with Crippen LogP contribution in [0.3, 0.4) is 0 Å². The lowest BCUT2D eigenvalue weighted by Crippen LogP contribution is -2.39. The summed E-state index contributed by atoms with van der Waals surface area (Å²) in [5, 5.41) is 3.17. The first kappa shape index (κ1) is 18.0. The average Bonchev–Trinajstić information content (AvgIpc) is 2.54. The molecule has 1 heterocycles. The fourth-order valence-electron chi connectivity index (χ4n) is 2.41. The SMILES string of the molecule is CCOc1ccc2[nH]cc(C(=O)NC(CC)OC(C)C)c(=O)c2c1. The molecule has 6 heteroatoms. The Hall–Kier alpha value is -2.34. The summed E-state index contributed by atoms with van der Waals surface area (Å²) in [6, 6.07) is 5.20. The van der Waals surface area contributed by atoms with Gasteiger partial charge >= 0.3 is 0 Å². The largest absolute Gasteiger partial charge is 0.494 e. The number of carbonyl (C=O) groups excluding carboxylic acids is 1. The highest BCUT2D eigenvalue weighted by molar-refractivity contribution is 5.97. The van der Waals surface area contributed by atoms with E-state index in [2.05, 4.69) is 10.3 Å². The highest BCUT2D eigenvalue weighted by atomic mass is 16.5. The highest BCUT2D eigenvalue weighted by Crippen LogP contribution is 2.17. The molecule has 1 aromatic heterocycles. The van der Waals surface area contributed by atoms with Gasteiger partial charge in [0.15, 0.2) is 0 Å². The third-order valence-corrected chi connectivity index (χ3v) is 3.51. The van der Waals surface area contributed by atoms with E-state index in [0.29, 0.717) is 29.7 Å². The smallest absolute Gasteiger partial charge is 0.258 e. The number of nitrogens with one attached hydrogen (secondary N) is 2. The zero-order valence-corrected chi connectivity index (χ0v) is 14.5. The van der Waals surface area contributed by atoms with E-state index in [-0.39, 0.29) is 17.1 Å². The van der Waals surface area contributed by atoms with Crippen LogP contribution in [0.5, 0.6) is 5.75 Å². The molecule has 0 saturated carbocycles. The van der Waals surface area contributed by atoms with Gasteiger partial charge in [-0.15, -0.1) is 0 Å². The molecule has 0 aliphatic carbocycles. The maximum Gasteiger partial charge on any atom is 0.258 e. The number of pyridine rings is 1. The maximum atomic E-state index is 12.6. The van der Waals surface area contributed by atoms with Crippen LogP contribution in [-0.4, -0.2) is 29.8 Å². The maximum absolute atomic E-state index is 12.6. The Kier molecular flexibility index (Phi) is 5.98. The molecule has 0 aliphatic heterocycles. The quantitative estimate of drug-likeness (QED) is 0.764. The van der Waals surface area contributed by atoms with Crippen molar-refractivity contribution in [1.82, 2.24) is 10.3 Å². The van der Waals surface area contributed by atoms with Crippen LogP contribution in [0.15, 0.2) is 29.2 Å². The zero-order chi connectivity index (χ0) is 17.7. The second-order valence-corrected chi connectivity index (χ2v) is 5.73. The number of aromatic nitrogens is 1. The number of fused-ring (bicyclic) bond motifs is 1. The molecule has 0 fully saturated rings. The van der Waals surface area contributed by atoms with E-state index < -0.39 is 12.1 Å². The number of ether oxygens (including phenoxy) is 2.